The molecule has 0 saturated heterocycles. The molecule has 2 heterocycles. The number of halogens is 1. The van der Waals surface area contributed by atoms with Gasteiger partial charge < -0.3 is 10.6 Å². The number of H-pyrrole nitrogens is 1. The topological polar surface area (TPSA) is 87.9 Å². The zero-order valence-corrected chi connectivity index (χ0v) is 12.6. The monoisotopic (exact) mass is 315 g/mol. The summed E-state index contributed by atoms with van der Waals surface area (Å²) in [6.45, 7) is 0.409. The number of nitrogen functional groups attached to an aromatic ring is 1. The molecule has 112 valence electrons. The van der Waals surface area contributed by atoms with Crippen molar-refractivity contribution in [1.29, 1.82) is 0 Å². The molecule has 3 aromatic rings. The van der Waals surface area contributed by atoms with Gasteiger partial charge in [-0.05, 0) is 17.7 Å². The molecule has 3 N–H and O–H groups in total. The molecule has 0 fully saturated rings. The second kappa shape index (κ2) is 5.65. The quantitative estimate of drug-likeness (QED) is 0.777. The maximum absolute atomic E-state index is 12.3. The Morgan fingerprint density at radius 1 is 1.41 bits per heavy atom. The highest BCUT2D eigenvalue weighted by Crippen LogP contribution is 2.22. The molecule has 0 radical (unpaired) electrons. The average molecular weight is 316 g/mol. The maximum atomic E-state index is 12.3. The Morgan fingerprint density at radius 2 is 2.18 bits per heavy atom. The van der Waals surface area contributed by atoms with Crippen LogP contribution >= 0.6 is 11.6 Å². The van der Waals surface area contributed by atoms with Crippen molar-refractivity contribution >= 4 is 34.2 Å². The minimum Gasteiger partial charge on any atom is -0.381 e. The minimum absolute atomic E-state index is 0.116. The van der Waals surface area contributed by atoms with Gasteiger partial charge in [-0.2, -0.15) is 5.10 Å². The van der Waals surface area contributed by atoms with Gasteiger partial charge in [-0.3, -0.25) is 14.9 Å². The summed E-state index contributed by atoms with van der Waals surface area (Å²) in [5, 5.41) is 7.46. The zero-order valence-electron chi connectivity index (χ0n) is 11.9. The van der Waals surface area contributed by atoms with Gasteiger partial charge in [0.05, 0.1) is 5.52 Å². The Hall–Kier alpha value is -2.60. The van der Waals surface area contributed by atoms with Gasteiger partial charge in [0.25, 0.3) is 5.91 Å². The second-order valence-corrected chi connectivity index (χ2v) is 5.37. The first-order chi connectivity index (χ1) is 10.6. The molecule has 22 heavy (non-hydrogen) atoms. The standard InChI is InChI=1S/C15H14ClN5O/c1-21(15(22)13-12(16)14(17)20-19-13)8-9-6-10-4-2-3-5-11(10)18-7-9/h2-7H,8H2,1H3,(H3,17,19,20). The third-order valence-corrected chi connectivity index (χ3v) is 3.74. The van der Waals surface area contributed by atoms with Gasteiger partial charge in [-0.1, -0.05) is 29.8 Å². The van der Waals surface area contributed by atoms with E-state index >= 15 is 0 Å². The molecule has 0 unspecified atom stereocenters. The highest BCUT2D eigenvalue weighted by atomic mass is 35.5. The molecule has 0 aliphatic heterocycles. The van der Waals surface area contributed by atoms with Crippen LogP contribution in [-0.2, 0) is 6.54 Å². The smallest absolute Gasteiger partial charge is 0.273 e. The molecule has 0 saturated carbocycles. The van der Waals surface area contributed by atoms with E-state index in [0.717, 1.165) is 16.5 Å². The van der Waals surface area contributed by atoms with E-state index < -0.39 is 0 Å². The van der Waals surface area contributed by atoms with Crippen LogP contribution in [0.3, 0.4) is 0 Å². The van der Waals surface area contributed by atoms with Gasteiger partial charge in [-0.25, -0.2) is 0 Å². The van der Waals surface area contributed by atoms with E-state index in [1.165, 1.54) is 4.90 Å². The fraction of sp³-hybridized carbons (Fsp3) is 0.133. The number of hydrogen-bond donors (Lipinski definition) is 2. The van der Waals surface area contributed by atoms with Crippen LogP contribution in [0.2, 0.25) is 5.02 Å². The second-order valence-electron chi connectivity index (χ2n) is 5.00. The van der Waals surface area contributed by atoms with Crippen molar-refractivity contribution in [2.45, 2.75) is 6.54 Å². The molecule has 1 aromatic carbocycles. The number of fused-ring (bicyclic) bond motifs is 1. The Labute approximate surface area is 131 Å². The van der Waals surface area contributed by atoms with Gasteiger partial charge >= 0.3 is 0 Å². The van der Waals surface area contributed by atoms with Crippen molar-refractivity contribution in [2.24, 2.45) is 0 Å². The van der Waals surface area contributed by atoms with Crippen LogP contribution in [0, 0.1) is 0 Å². The number of anilines is 1. The van der Waals surface area contributed by atoms with Gasteiger partial charge in [-0.15, -0.1) is 0 Å². The van der Waals surface area contributed by atoms with Crippen molar-refractivity contribution in [3.05, 3.63) is 52.8 Å². The van der Waals surface area contributed by atoms with Gasteiger partial charge in [0.1, 0.15) is 10.7 Å². The Bertz CT molecular complexity index is 845. The highest BCUT2D eigenvalue weighted by Gasteiger charge is 2.20. The fourth-order valence-corrected chi connectivity index (χ4v) is 2.39. The van der Waals surface area contributed by atoms with Crippen LogP contribution in [0.1, 0.15) is 16.1 Å². The van der Waals surface area contributed by atoms with Crippen molar-refractivity contribution in [2.75, 3.05) is 12.8 Å². The SMILES string of the molecule is CN(Cc1cnc2ccccc2c1)C(=O)c1[nH]nc(N)c1Cl. The van der Waals surface area contributed by atoms with Gasteiger partial charge in [0, 0.05) is 25.2 Å². The lowest BCUT2D eigenvalue weighted by Crippen LogP contribution is -2.26. The molecular weight excluding hydrogens is 302 g/mol. The summed E-state index contributed by atoms with van der Waals surface area (Å²) in [7, 11) is 1.69. The Balaban J connectivity index is 1.81. The molecule has 0 atom stereocenters. The minimum atomic E-state index is -0.276. The lowest BCUT2D eigenvalue weighted by molar-refractivity contribution is 0.0779. The number of pyridine rings is 1. The summed E-state index contributed by atoms with van der Waals surface area (Å²) in [5.41, 5.74) is 7.58. The third kappa shape index (κ3) is 2.60. The molecule has 0 aliphatic rings. The highest BCUT2D eigenvalue weighted by molar-refractivity contribution is 6.35. The van der Waals surface area contributed by atoms with Crippen LogP contribution in [0.4, 0.5) is 5.82 Å². The molecule has 7 heteroatoms. The number of amides is 1. The molecule has 0 aliphatic carbocycles. The average Bonchev–Trinajstić information content (AvgIpc) is 2.86. The molecular formula is C15H14ClN5O. The summed E-state index contributed by atoms with van der Waals surface area (Å²) in [4.78, 5) is 18.3. The zero-order chi connectivity index (χ0) is 15.7. The van der Waals surface area contributed by atoms with Crippen LogP contribution in [0.5, 0.6) is 0 Å². The number of carbonyl (C=O) groups excluding carboxylic acids is 1. The molecule has 6 nitrogen and oxygen atoms in total. The lowest BCUT2D eigenvalue weighted by Gasteiger charge is -2.16. The predicted molar refractivity (Wildman–Crippen MR) is 85.6 cm³/mol. The van der Waals surface area contributed by atoms with Crippen LogP contribution in [0.15, 0.2) is 36.5 Å². The first kappa shape index (κ1) is 14.3. The number of nitrogens with zero attached hydrogens (tertiary/aromatic N) is 3. The number of aromatic nitrogens is 3. The Morgan fingerprint density at radius 3 is 2.91 bits per heavy atom. The van der Waals surface area contributed by atoms with E-state index in [2.05, 4.69) is 15.2 Å². The Kier molecular flexibility index (Phi) is 3.68. The van der Waals surface area contributed by atoms with E-state index in [1.807, 2.05) is 30.3 Å². The van der Waals surface area contributed by atoms with Crippen molar-refractivity contribution in [1.82, 2.24) is 20.1 Å². The number of para-hydroxylation sites is 1. The van der Waals surface area contributed by atoms with E-state index in [1.54, 1.807) is 13.2 Å². The largest absolute Gasteiger partial charge is 0.381 e. The van der Waals surface area contributed by atoms with Gasteiger partial charge in [0.15, 0.2) is 5.82 Å². The lowest BCUT2D eigenvalue weighted by atomic mass is 10.1. The van der Waals surface area contributed by atoms with E-state index in [9.17, 15) is 4.79 Å². The number of nitrogens with one attached hydrogen (secondary N) is 1. The van der Waals surface area contributed by atoms with Crippen molar-refractivity contribution in [3.63, 3.8) is 0 Å². The third-order valence-electron chi connectivity index (χ3n) is 3.36. The predicted octanol–water partition coefficient (Wildman–Crippen LogP) is 2.47. The van der Waals surface area contributed by atoms with Crippen LogP contribution in [-0.4, -0.2) is 33.0 Å². The van der Waals surface area contributed by atoms with Gasteiger partial charge in [0.2, 0.25) is 0 Å². The molecule has 2 aromatic heterocycles. The number of rotatable bonds is 3. The van der Waals surface area contributed by atoms with Crippen molar-refractivity contribution < 1.29 is 4.79 Å². The summed E-state index contributed by atoms with van der Waals surface area (Å²) in [5.74, 6) is -0.159. The number of carbonyl (C=O) groups is 1. The first-order valence-electron chi connectivity index (χ1n) is 6.64. The summed E-state index contributed by atoms with van der Waals surface area (Å²) >= 11 is 5.95. The molecule has 1 amide bonds. The number of aromatic amines is 1. The van der Waals surface area contributed by atoms with Crippen LogP contribution in [0.25, 0.3) is 10.9 Å². The summed E-state index contributed by atoms with van der Waals surface area (Å²) in [6.07, 6.45) is 1.76. The fourth-order valence-electron chi connectivity index (χ4n) is 2.22. The van der Waals surface area contributed by atoms with E-state index in [-0.39, 0.29) is 22.4 Å². The normalized spacial score (nSPS) is 10.8. The number of nitrogens with two attached hydrogens (primary N) is 1. The molecule has 0 bridgehead atoms. The van der Waals surface area contributed by atoms with Crippen molar-refractivity contribution in [3.8, 4) is 0 Å². The number of hydrogen-bond acceptors (Lipinski definition) is 4. The number of benzene rings is 1. The summed E-state index contributed by atoms with van der Waals surface area (Å²) < 4.78 is 0. The molecule has 3 rings (SSSR count). The maximum Gasteiger partial charge on any atom is 0.273 e. The van der Waals surface area contributed by atoms with E-state index in [4.69, 9.17) is 17.3 Å². The summed E-state index contributed by atoms with van der Waals surface area (Å²) in [6, 6.07) is 9.83. The van der Waals surface area contributed by atoms with E-state index in [0.29, 0.717) is 6.54 Å². The van der Waals surface area contributed by atoms with Crippen LogP contribution < -0.4 is 5.73 Å². The first-order valence-corrected chi connectivity index (χ1v) is 7.02. The molecule has 0 spiro atoms.